The van der Waals surface area contributed by atoms with Gasteiger partial charge in [0, 0.05) is 32.9 Å². The Balaban J connectivity index is 2.00. The third-order valence-corrected chi connectivity index (χ3v) is 4.84. The summed E-state index contributed by atoms with van der Waals surface area (Å²) in [6.07, 6.45) is 2.13. The first-order valence-electron chi connectivity index (χ1n) is 6.03. The van der Waals surface area contributed by atoms with E-state index in [1.165, 1.54) is 22.7 Å². The van der Waals surface area contributed by atoms with Gasteiger partial charge in [-0.1, -0.05) is 0 Å². The summed E-state index contributed by atoms with van der Waals surface area (Å²) in [6, 6.07) is 1.68. The van der Waals surface area contributed by atoms with Crippen LogP contribution >= 0.6 is 0 Å². The normalized spacial score (nSPS) is 20.9. The molecule has 8 heteroatoms. The fourth-order valence-electron chi connectivity index (χ4n) is 1.91. The van der Waals surface area contributed by atoms with E-state index in [0.29, 0.717) is 31.2 Å². The largest absolute Gasteiger partial charge is 0.473 e. The molecule has 106 valence electrons. The Kier molecular flexibility index (Phi) is 4.02. The van der Waals surface area contributed by atoms with Gasteiger partial charge in [-0.3, -0.25) is 0 Å². The highest BCUT2D eigenvalue weighted by atomic mass is 32.2. The number of aryl methyl sites for hydroxylation is 1. The molecule has 1 aliphatic heterocycles. The third kappa shape index (κ3) is 3.20. The standard InChI is InChI=1S/C11H18N4O3S/c1-9-12-6-4-11(13-9)18-10-5-7-15(8-10)19(16,17)14(2)3/h4,6,10H,5,7-8H2,1-3H3/t10-/m1/s1. The Morgan fingerprint density at radius 1 is 1.47 bits per heavy atom. The van der Waals surface area contributed by atoms with Gasteiger partial charge in [-0.25, -0.2) is 4.98 Å². The summed E-state index contributed by atoms with van der Waals surface area (Å²) in [4.78, 5) is 8.13. The highest BCUT2D eigenvalue weighted by molar-refractivity contribution is 7.86. The van der Waals surface area contributed by atoms with Crippen molar-refractivity contribution in [2.24, 2.45) is 0 Å². The lowest BCUT2D eigenvalue weighted by molar-refractivity contribution is 0.205. The van der Waals surface area contributed by atoms with Crippen LogP contribution in [0, 0.1) is 6.92 Å². The van der Waals surface area contributed by atoms with Crippen LogP contribution in [-0.2, 0) is 10.2 Å². The minimum Gasteiger partial charge on any atom is -0.473 e. The molecule has 1 aromatic rings. The van der Waals surface area contributed by atoms with E-state index in [1.807, 2.05) is 0 Å². The van der Waals surface area contributed by atoms with E-state index in [2.05, 4.69) is 9.97 Å². The van der Waals surface area contributed by atoms with Crippen LogP contribution in [0.1, 0.15) is 12.2 Å². The van der Waals surface area contributed by atoms with E-state index in [1.54, 1.807) is 19.2 Å². The van der Waals surface area contributed by atoms with Gasteiger partial charge in [0.2, 0.25) is 5.88 Å². The smallest absolute Gasteiger partial charge is 0.281 e. The molecule has 2 heterocycles. The maximum absolute atomic E-state index is 12.0. The molecule has 0 aliphatic carbocycles. The second kappa shape index (κ2) is 5.40. The van der Waals surface area contributed by atoms with Crippen molar-refractivity contribution in [2.75, 3.05) is 27.2 Å². The number of nitrogens with zero attached hydrogens (tertiary/aromatic N) is 4. The molecule has 0 saturated carbocycles. The number of rotatable bonds is 4. The van der Waals surface area contributed by atoms with Crippen molar-refractivity contribution < 1.29 is 13.2 Å². The summed E-state index contributed by atoms with van der Waals surface area (Å²) in [5, 5.41) is 0. The predicted molar refractivity (Wildman–Crippen MR) is 70.0 cm³/mol. The zero-order chi connectivity index (χ0) is 14.0. The third-order valence-electron chi connectivity index (χ3n) is 2.93. The number of hydrogen-bond donors (Lipinski definition) is 0. The number of aromatic nitrogens is 2. The summed E-state index contributed by atoms with van der Waals surface area (Å²) >= 11 is 0. The van der Waals surface area contributed by atoms with Crippen LogP contribution in [0.25, 0.3) is 0 Å². The average Bonchev–Trinajstić information content (AvgIpc) is 2.78. The summed E-state index contributed by atoms with van der Waals surface area (Å²) < 4.78 is 32.2. The maximum Gasteiger partial charge on any atom is 0.281 e. The average molecular weight is 286 g/mol. The summed E-state index contributed by atoms with van der Waals surface area (Å²) in [6.45, 7) is 2.60. The minimum atomic E-state index is -3.36. The van der Waals surface area contributed by atoms with Crippen LogP contribution in [0.15, 0.2) is 12.3 Å². The molecule has 0 radical (unpaired) electrons. The van der Waals surface area contributed by atoms with Crippen LogP contribution in [0.2, 0.25) is 0 Å². The molecular weight excluding hydrogens is 268 g/mol. The molecule has 2 rings (SSSR count). The molecule has 0 aromatic carbocycles. The quantitative estimate of drug-likeness (QED) is 0.781. The topological polar surface area (TPSA) is 75.6 Å². The molecule has 1 aliphatic rings. The SMILES string of the molecule is Cc1nccc(O[C@@H]2CCN(S(=O)(=O)N(C)C)C2)n1. The molecule has 0 amide bonds. The lowest BCUT2D eigenvalue weighted by Gasteiger charge is -2.20. The predicted octanol–water partition coefficient (Wildman–Crippen LogP) is 0.0445. The van der Waals surface area contributed by atoms with Gasteiger partial charge in [-0.15, -0.1) is 0 Å². The Bertz CT molecular complexity index is 547. The monoisotopic (exact) mass is 286 g/mol. The molecule has 0 bridgehead atoms. The summed E-state index contributed by atoms with van der Waals surface area (Å²) in [5.41, 5.74) is 0. The second-order valence-electron chi connectivity index (χ2n) is 4.62. The van der Waals surface area contributed by atoms with E-state index < -0.39 is 10.2 Å². The van der Waals surface area contributed by atoms with Crippen LogP contribution in [0.5, 0.6) is 5.88 Å². The molecule has 0 spiro atoms. The van der Waals surface area contributed by atoms with Crippen LogP contribution in [0.3, 0.4) is 0 Å². The molecule has 0 N–H and O–H groups in total. The first kappa shape index (κ1) is 14.2. The molecule has 0 unspecified atom stereocenters. The Morgan fingerprint density at radius 2 is 2.21 bits per heavy atom. The van der Waals surface area contributed by atoms with Crippen LogP contribution in [-0.4, -0.2) is 60.3 Å². The number of ether oxygens (including phenoxy) is 1. The Hall–Kier alpha value is -1.25. The Labute approximate surface area is 113 Å². The Morgan fingerprint density at radius 3 is 2.84 bits per heavy atom. The van der Waals surface area contributed by atoms with Crippen LogP contribution < -0.4 is 4.74 Å². The number of hydrogen-bond acceptors (Lipinski definition) is 5. The first-order chi connectivity index (χ1) is 8.89. The van der Waals surface area contributed by atoms with Gasteiger partial charge in [0.05, 0.1) is 6.54 Å². The zero-order valence-corrected chi connectivity index (χ0v) is 12.1. The fraction of sp³-hybridized carbons (Fsp3) is 0.636. The van der Waals surface area contributed by atoms with Gasteiger partial charge in [0.25, 0.3) is 10.2 Å². The van der Waals surface area contributed by atoms with Crippen molar-refractivity contribution in [2.45, 2.75) is 19.4 Å². The van der Waals surface area contributed by atoms with Crippen molar-refractivity contribution in [1.82, 2.24) is 18.6 Å². The van der Waals surface area contributed by atoms with Gasteiger partial charge in [0.15, 0.2) is 0 Å². The minimum absolute atomic E-state index is 0.163. The first-order valence-corrected chi connectivity index (χ1v) is 7.43. The van der Waals surface area contributed by atoms with Crippen molar-refractivity contribution >= 4 is 10.2 Å². The summed E-state index contributed by atoms with van der Waals surface area (Å²) in [5.74, 6) is 1.12. The molecular formula is C11H18N4O3S. The van der Waals surface area contributed by atoms with Gasteiger partial charge < -0.3 is 4.74 Å². The van der Waals surface area contributed by atoms with E-state index in [-0.39, 0.29) is 6.10 Å². The zero-order valence-electron chi connectivity index (χ0n) is 11.3. The van der Waals surface area contributed by atoms with Crippen molar-refractivity contribution in [3.05, 3.63) is 18.1 Å². The van der Waals surface area contributed by atoms with Crippen molar-refractivity contribution in [3.8, 4) is 5.88 Å². The molecule has 1 aromatic heterocycles. The highest BCUT2D eigenvalue weighted by Gasteiger charge is 2.33. The fourth-order valence-corrected chi connectivity index (χ4v) is 3.06. The van der Waals surface area contributed by atoms with Gasteiger partial charge in [0.1, 0.15) is 11.9 Å². The molecule has 1 saturated heterocycles. The van der Waals surface area contributed by atoms with E-state index in [0.717, 1.165) is 0 Å². The maximum atomic E-state index is 12.0. The van der Waals surface area contributed by atoms with Gasteiger partial charge in [-0.2, -0.15) is 22.0 Å². The molecule has 1 atom stereocenters. The molecule has 19 heavy (non-hydrogen) atoms. The molecule has 1 fully saturated rings. The lowest BCUT2D eigenvalue weighted by atomic mass is 10.3. The van der Waals surface area contributed by atoms with Crippen molar-refractivity contribution in [3.63, 3.8) is 0 Å². The van der Waals surface area contributed by atoms with E-state index >= 15 is 0 Å². The van der Waals surface area contributed by atoms with Crippen molar-refractivity contribution in [1.29, 1.82) is 0 Å². The van der Waals surface area contributed by atoms with E-state index in [9.17, 15) is 8.42 Å². The van der Waals surface area contributed by atoms with Gasteiger partial charge in [-0.05, 0) is 13.3 Å². The van der Waals surface area contributed by atoms with Crippen LogP contribution in [0.4, 0.5) is 0 Å². The summed E-state index contributed by atoms with van der Waals surface area (Å²) in [7, 11) is -0.306. The molecule has 7 nitrogen and oxygen atoms in total. The van der Waals surface area contributed by atoms with Gasteiger partial charge >= 0.3 is 0 Å². The van der Waals surface area contributed by atoms with E-state index in [4.69, 9.17) is 4.74 Å². The second-order valence-corrected chi connectivity index (χ2v) is 6.76. The highest BCUT2D eigenvalue weighted by Crippen LogP contribution is 2.19. The lowest BCUT2D eigenvalue weighted by Crippen LogP contribution is -2.39.